The Hall–Kier alpha value is -3.28. The van der Waals surface area contributed by atoms with E-state index >= 15 is 0 Å². The van der Waals surface area contributed by atoms with E-state index in [4.69, 9.17) is 13.9 Å². The number of rotatable bonds is 8. The molecule has 0 saturated heterocycles. The topological polar surface area (TPSA) is 64.8 Å². The predicted octanol–water partition coefficient (Wildman–Crippen LogP) is 3.46. The number of methoxy groups -OCH3 is 2. The molecule has 0 aliphatic carbocycles. The molecule has 1 aromatic carbocycles. The van der Waals surface area contributed by atoms with Crippen molar-refractivity contribution in [1.82, 2.24) is 9.88 Å². The summed E-state index contributed by atoms with van der Waals surface area (Å²) in [6.07, 6.45) is 5.34. The minimum absolute atomic E-state index is 0.0116. The number of furan rings is 1. The zero-order chi connectivity index (χ0) is 19.1. The molecule has 1 amide bonds. The quantitative estimate of drug-likeness (QED) is 0.611. The molecule has 0 saturated carbocycles. The van der Waals surface area contributed by atoms with Gasteiger partial charge in [0.15, 0.2) is 11.5 Å². The maximum Gasteiger partial charge on any atom is 0.227 e. The van der Waals surface area contributed by atoms with Crippen LogP contribution in [0.3, 0.4) is 0 Å². The van der Waals surface area contributed by atoms with Crippen molar-refractivity contribution in [3.8, 4) is 11.5 Å². The van der Waals surface area contributed by atoms with Crippen LogP contribution in [0.15, 0.2) is 65.5 Å². The molecule has 0 aliphatic heterocycles. The SMILES string of the molecule is COc1ccc(CC(=O)N(Cc2cccnc2)Cc2ccco2)cc1OC. The van der Waals surface area contributed by atoms with Crippen molar-refractivity contribution in [2.24, 2.45) is 0 Å². The van der Waals surface area contributed by atoms with Gasteiger partial charge in [-0.05, 0) is 41.5 Å². The molecule has 2 heterocycles. The summed E-state index contributed by atoms with van der Waals surface area (Å²) in [5, 5.41) is 0. The number of carbonyl (C=O) groups is 1. The molecular weight excluding hydrogens is 344 g/mol. The highest BCUT2D eigenvalue weighted by atomic mass is 16.5. The molecule has 6 nitrogen and oxygen atoms in total. The molecule has 0 radical (unpaired) electrons. The summed E-state index contributed by atoms with van der Waals surface area (Å²) < 4.78 is 16.0. The predicted molar refractivity (Wildman–Crippen MR) is 100 cm³/mol. The van der Waals surface area contributed by atoms with E-state index < -0.39 is 0 Å². The number of hydrogen-bond acceptors (Lipinski definition) is 5. The maximum absolute atomic E-state index is 13.0. The van der Waals surface area contributed by atoms with Gasteiger partial charge in [-0.2, -0.15) is 0 Å². The Balaban J connectivity index is 1.77. The Labute approximate surface area is 158 Å². The van der Waals surface area contributed by atoms with Crippen LogP contribution in [-0.2, 0) is 24.3 Å². The fourth-order valence-corrected chi connectivity index (χ4v) is 2.81. The standard InChI is InChI=1S/C21H22N2O4/c1-25-19-8-7-16(11-20(19)26-2)12-21(24)23(15-18-6-4-10-27-18)14-17-5-3-9-22-13-17/h3-11,13H,12,14-15H2,1-2H3. The number of amides is 1. The van der Waals surface area contributed by atoms with Crippen LogP contribution in [0.1, 0.15) is 16.9 Å². The average Bonchev–Trinajstić information content (AvgIpc) is 3.21. The highest BCUT2D eigenvalue weighted by molar-refractivity contribution is 5.79. The molecule has 0 N–H and O–H groups in total. The first kappa shape index (κ1) is 18.5. The zero-order valence-electron chi connectivity index (χ0n) is 15.4. The Morgan fingerprint density at radius 1 is 1.04 bits per heavy atom. The Morgan fingerprint density at radius 2 is 1.89 bits per heavy atom. The van der Waals surface area contributed by atoms with Gasteiger partial charge in [-0.1, -0.05) is 12.1 Å². The largest absolute Gasteiger partial charge is 0.493 e. The van der Waals surface area contributed by atoms with Crippen LogP contribution in [0, 0.1) is 0 Å². The van der Waals surface area contributed by atoms with Crippen LogP contribution in [0.25, 0.3) is 0 Å². The minimum Gasteiger partial charge on any atom is -0.493 e. The van der Waals surface area contributed by atoms with Crippen LogP contribution in [0.5, 0.6) is 11.5 Å². The summed E-state index contributed by atoms with van der Waals surface area (Å²) in [7, 11) is 3.16. The van der Waals surface area contributed by atoms with Gasteiger partial charge in [-0.3, -0.25) is 9.78 Å². The van der Waals surface area contributed by atoms with E-state index in [0.717, 1.165) is 16.9 Å². The molecule has 3 aromatic rings. The first-order chi connectivity index (χ1) is 13.2. The van der Waals surface area contributed by atoms with Gasteiger partial charge in [-0.15, -0.1) is 0 Å². The average molecular weight is 366 g/mol. The monoisotopic (exact) mass is 366 g/mol. The third-order valence-corrected chi connectivity index (χ3v) is 4.18. The molecule has 0 aliphatic rings. The lowest BCUT2D eigenvalue weighted by atomic mass is 10.1. The number of carbonyl (C=O) groups excluding carboxylic acids is 1. The van der Waals surface area contributed by atoms with Gasteiger partial charge in [-0.25, -0.2) is 0 Å². The summed E-state index contributed by atoms with van der Waals surface area (Å²) in [4.78, 5) is 18.9. The van der Waals surface area contributed by atoms with E-state index in [1.165, 1.54) is 0 Å². The molecule has 0 fully saturated rings. The van der Waals surface area contributed by atoms with Crippen molar-refractivity contribution in [2.45, 2.75) is 19.5 Å². The molecule has 27 heavy (non-hydrogen) atoms. The molecule has 140 valence electrons. The van der Waals surface area contributed by atoms with Crippen LogP contribution >= 0.6 is 0 Å². The molecule has 0 spiro atoms. The maximum atomic E-state index is 13.0. The fraction of sp³-hybridized carbons (Fsp3) is 0.238. The van der Waals surface area contributed by atoms with Crippen molar-refractivity contribution >= 4 is 5.91 Å². The number of ether oxygens (including phenoxy) is 2. The third-order valence-electron chi connectivity index (χ3n) is 4.18. The van der Waals surface area contributed by atoms with Crippen molar-refractivity contribution < 1.29 is 18.7 Å². The van der Waals surface area contributed by atoms with Crippen molar-refractivity contribution in [3.05, 3.63) is 78.0 Å². The van der Waals surface area contributed by atoms with E-state index in [1.54, 1.807) is 43.8 Å². The Morgan fingerprint density at radius 3 is 2.56 bits per heavy atom. The zero-order valence-corrected chi connectivity index (χ0v) is 15.4. The van der Waals surface area contributed by atoms with Crippen molar-refractivity contribution in [3.63, 3.8) is 0 Å². The number of benzene rings is 1. The van der Waals surface area contributed by atoms with Gasteiger partial charge in [0.2, 0.25) is 5.91 Å². The lowest BCUT2D eigenvalue weighted by molar-refractivity contribution is -0.132. The normalized spacial score (nSPS) is 10.4. The summed E-state index contributed by atoms with van der Waals surface area (Å²) in [5.41, 5.74) is 1.82. The minimum atomic E-state index is -0.0116. The highest BCUT2D eigenvalue weighted by Gasteiger charge is 2.17. The Bertz CT molecular complexity index is 863. The first-order valence-corrected chi connectivity index (χ1v) is 8.59. The molecule has 6 heteroatoms. The molecule has 0 atom stereocenters. The van der Waals surface area contributed by atoms with Gasteiger partial charge < -0.3 is 18.8 Å². The second-order valence-corrected chi connectivity index (χ2v) is 6.06. The number of hydrogen-bond donors (Lipinski definition) is 0. The Kier molecular flexibility index (Phi) is 6.10. The molecule has 0 unspecified atom stereocenters. The summed E-state index contributed by atoms with van der Waals surface area (Å²) in [6, 6.07) is 13.0. The van der Waals surface area contributed by atoms with Crippen molar-refractivity contribution in [2.75, 3.05) is 14.2 Å². The first-order valence-electron chi connectivity index (χ1n) is 8.59. The fourth-order valence-electron chi connectivity index (χ4n) is 2.81. The van der Waals surface area contributed by atoms with Gasteiger partial charge in [0.1, 0.15) is 5.76 Å². The van der Waals surface area contributed by atoms with Gasteiger partial charge in [0.25, 0.3) is 0 Å². The highest BCUT2D eigenvalue weighted by Crippen LogP contribution is 2.28. The van der Waals surface area contributed by atoms with Crippen LogP contribution in [0.2, 0.25) is 0 Å². The van der Waals surface area contributed by atoms with E-state index in [9.17, 15) is 4.79 Å². The van der Waals surface area contributed by atoms with Crippen molar-refractivity contribution in [1.29, 1.82) is 0 Å². The van der Waals surface area contributed by atoms with Crippen LogP contribution < -0.4 is 9.47 Å². The van der Waals surface area contributed by atoms with Gasteiger partial charge in [0, 0.05) is 18.9 Å². The molecule has 2 aromatic heterocycles. The van der Waals surface area contributed by atoms with Crippen LogP contribution in [0.4, 0.5) is 0 Å². The van der Waals surface area contributed by atoms with Crippen LogP contribution in [-0.4, -0.2) is 30.0 Å². The number of nitrogens with zero attached hydrogens (tertiary/aromatic N) is 2. The summed E-state index contributed by atoms with van der Waals surface area (Å²) in [5.74, 6) is 1.96. The molecule has 3 rings (SSSR count). The summed E-state index contributed by atoms with van der Waals surface area (Å²) in [6.45, 7) is 0.856. The van der Waals surface area contributed by atoms with E-state index in [1.807, 2.05) is 36.4 Å². The number of aromatic nitrogens is 1. The molecule has 0 bridgehead atoms. The van der Waals surface area contributed by atoms with E-state index in [2.05, 4.69) is 4.98 Å². The smallest absolute Gasteiger partial charge is 0.227 e. The lowest BCUT2D eigenvalue weighted by Crippen LogP contribution is -2.31. The van der Waals surface area contributed by atoms with Gasteiger partial charge in [0.05, 0.1) is 33.4 Å². The number of pyridine rings is 1. The second kappa shape index (κ2) is 8.89. The summed E-state index contributed by atoms with van der Waals surface area (Å²) >= 11 is 0. The van der Waals surface area contributed by atoms with Gasteiger partial charge >= 0.3 is 0 Å². The van der Waals surface area contributed by atoms with E-state index in [0.29, 0.717) is 24.6 Å². The third kappa shape index (κ3) is 4.88. The van der Waals surface area contributed by atoms with E-state index in [-0.39, 0.29) is 12.3 Å². The lowest BCUT2D eigenvalue weighted by Gasteiger charge is -2.22. The molecular formula is C21H22N2O4. The second-order valence-electron chi connectivity index (χ2n) is 6.06.